The maximum atomic E-state index is 12.1. The van der Waals surface area contributed by atoms with E-state index in [0.29, 0.717) is 18.0 Å². The van der Waals surface area contributed by atoms with Crippen LogP contribution in [-0.2, 0) is 11.3 Å². The molecule has 1 amide bonds. The summed E-state index contributed by atoms with van der Waals surface area (Å²) in [4.78, 5) is 20.7. The Morgan fingerprint density at radius 1 is 1.26 bits per heavy atom. The first kappa shape index (κ1) is 15.5. The number of halogens is 1. The number of amides is 1. The first-order valence-electron chi connectivity index (χ1n) is 7.44. The summed E-state index contributed by atoms with van der Waals surface area (Å²) in [6.07, 6.45) is 3.73. The number of carbonyl (C=O) groups is 1. The molecule has 2 heterocycles. The summed E-state index contributed by atoms with van der Waals surface area (Å²) >= 11 is 5.82. The van der Waals surface area contributed by atoms with Crippen molar-refractivity contribution in [2.24, 2.45) is 0 Å². The Bertz CT molecular complexity index is 813. The standard InChI is InChI=1S/C17H17ClN4O/c1-12(14-7-6-13(18)10-19-14)21-17(23)8-9-22-11-20-15-4-2-3-5-16(15)22/h2-7,10-12H,8-9H2,1H3,(H,21,23)/t12-/m0/s1. The van der Waals surface area contributed by atoms with Gasteiger partial charge in [-0.15, -0.1) is 0 Å². The molecule has 0 saturated heterocycles. The van der Waals surface area contributed by atoms with Crippen LogP contribution in [0.5, 0.6) is 0 Å². The molecule has 0 aliphatic rings. The van der Waals surface area contributed by atoms with Crippen LogP contribution in [-0.4, -0.2) is 20.4 Å². The fraction of sp³-hybridized carbons (Fsp3) is 0.235. The fourth-order valence-electron chi connectivity index (χ4n) is 2.44. The lowest BCUT2D eigenvalue weighted by atomic mass is 10.2. The molecule has 1 aromatic carbocycles. The first-order valence-corrected chi connectivity index (χ1v) is 7.82. The smallest absolute Gasteiger partial charge is 0.222 e. The number of aromatic nitrogens is 3. The minimum atomic E-state index is -0.153. The average molecular weight is 329 g/mol. The van der Waals surface area contributed by atoms with E-state index in [2.05, 4.69) is 15.3 Å². The highest BCUT2D eigenvalue weighted by atomic mass is 35.5. The van der Waals surface area contributed by atoms with Gasteiger partial charge in [-0.05, 0) is 31.2 Å². The van der Waals surface area contributed by atoms with Gasteiger partial charge in [0.1, 0.15) is 0 Å². The number of hydrogen-bond donors (Lipinski definition) is 1. The monoisotopic (exact) mass is 328 g/mol. The third kappa shape index (κ3) is 3.68. The number of nitrogens with zero attached hydrogens (tertiary/aromatic N) is 3. The van der Waals surface area contributed by atoms with E-state index < -0.39 is 0 Å². The predicted octanol–water partition coefficient (Wildman–Crippen LogP) is 3.35. The van der Waals surface area contributed by atoms with Crippen LogP contribution >= 0.6 is 11.6 Å². The van der Waals surface area contributed by atoms with Gasteiger partial charge in [0.15, 0.2) is 0 Å². The van der Waals surface area contributed by atoms with Crippen LogP contribution in [0.15, 0.2) is 48.9 Å². The molecule has 0 fully saturated rings. The molecule has 1 N–H and O–H groups in total. The van der Waals surface area contributed by atoms with E-state index in [1.807, 2.05) is 41.8 Å². The van der Waals surface area contributed by atoms with Gasteiger partial charge < -0.3 is 9.88 Å². The molecule has 3 rings (SSSR count). The number of nitrogens with one attached hydrogen (secondary N) is 1. The highest BCUT2D eigenvalue weighted by Gasteiger charge is 2.11. The number of fused-ring (bicyclic) bond motifs is 1. The Hall–Kier alpha value is -2.40. The molecule has 0 bridgehead atoms. The molecular formula is C17H17ClN4O. The molecule has 0 unspecified atom stereocenters. The SMILES string of the molecule is C[C@H](NC(=O)CCn1cnc2ccccc21)c1ccc(Cl)cn1. The van der Waals surface area contributed by atoms with Crippen LogP contribution in [0.1, 0.15) is 25.1 Å². The van der Waals surface area contributed by atoms with Crippen LogP contribution < -0.4 is 5.32 Å². The molecule has 2 aromatic heterocycles. The molecule has 118 valence electrons. The lowest BCUT2D eigenvalue weighted by Crippen LogP contribution is -2.27. The van der Waals surface area contributed by atoms with Crippen LogP contribution in [0.25, 0.3) is 11.0 Å². The summed E-state index contributed by atoms with van der Waals surface area (Å²) < 4.78 is 1.99. The van der Waals surface area contributed by atoms with Crippen molar-refractivity contribution in [3.05, 3.63) is 59.6 Å². The summed E-state index contributed by atoms with van der Waals surface area (Å²) in [5.74, 6) is -0.0213. The molecule has 5 nitrogen and oxygen atoms in total. The van der Waals surface area contributed by atoms with Gasteiger partial charge in [-0.3, -0.25) is 9.78 Å². The molecule has 0 spiro atoms. The van der Waals surface area contributed by atoms with Crippen LogP contribution in [0.4, 0.5) is 0 Å². The second-order valence-corrected chi connectivity index (χ2v) is 5.80. The zero-order valence-corrected chi connectivity index (χ0v) is 13.5. The summed E-state index contributed by atoms with van der Waals surface area (Å²) in [5.41, 5.74) is 2.76. The average Bonchev–Trinajstić information content (AvgIpc) is 2.97. The van der Waals surface area contributed by atoms with Crippen LogP contribution in [0.3, 0.4) is 0 Å². The van der Waals surface area contributed by atoms with Gasteiger partial charge in [-0.25, -0.2) is 4.98 Å². The second kappa shape index (κ2) is 6.79. The van der Waals surface area contributed by atoms with E-state index in [1.54, 1.807) is 18.6 Å². The number of imidazole rings is 1. The summed E-state index contributed by atoms with van der Waals surface area (Å²) in [7, 11) is 0. The van der Waals surface area contributed by atoms with Gasteiger partial charge in [-0.2, -0.15) is 0 Å². The van der Waals surface area contributed by atoms with Gasteiger partial charge in [-0.1, -0.05) is 23.7 Å². The largest absolute Gasteiger partial charge is 0.348 e. The first-order chi connectivity index (χ1) is 11.1. The Morgan fingerprint density at radius 2 is 2.09 bits per heavy atom. The van der Waals surface area contributed by atoms with Crippen molar-refractivity contribution in [1.29, 1.82) is 0 Å². The quantitative estimate of drug-likeness (QED) is 0.781. The van der Waals surface area contributed by atoms with E-state index in [-0.39, 0.29) is 11.9 Å². The number of benzene rings is 1. The Morgan fingerprint density at radius 3 is 2.87 bits per heavy atom. The number of para-hydroxylation sites is 2. The number of aryl methyl sites for hydroxylation is 1. The molecular weight excluding hydrogens is 312 g/mol. The van der Waals surface area contributed by atoms with Crippen molar-refractivity contribution in [3.63, 3.8) is 0 Å². The molecule has 0 radical (unpaired) electrons. The molecule has 0 saturated carbocycles. The van der Waals surface area contributed by atoms with E-state index in [0.717, 1.165) is 16.7 Å². The third-order valence-electron chi connectivity index (χ3n) is 3.68. The Balaban J connectivity index is 1.58. The van der Waals surface area contributed by atoms with Crippen LogP contribution in [0.2, 0.25) is 5.02 Å². The maximum absolute atomic E-state index is 12.1. The van der Waals surface area contributed by atoms with Gasteiger partial charge in [0, 0.05) is 19.2 Å². The zero-order chi connectivity index (χ0) is 16.2. The molecule has 23 heavy (non-hydrogen) atoms. The molecule has 1 atom stereocenters. The normalized spacial score (nSPS) is 12.3. The molecule has 3 aromatic rings. The lowest BCUT2D eigenvalue weighted by molar-refractivity contribution is -0.121. The maximum Gasteiger partial charge on any atom is 0.222 e. The fourth-order valence-corrected chi connectivity index (χ4v) is 2.55. The van der Waals surface area contributed by atoms with Gasteiger partial charge in [0.05, 0.1) is 34.1 Å². The second-order valence-electron chi connectivity index (χ2n) is 5.37. The zero-order valence-electron chi connectivity index (χ0n) is 12.7. The highest BCUT2D eigenvalue weighted by Crippen LogP contribution is 2.14. The van der Waals surface area contributed by atoms with E-state index >= 15 is 0 Å². The molecule has 6 heteroatoms. The summed E-state index contributed by atoms with van der Waals surface area (Å²) in [6.45, 7) is 2.49. The highest BCUT2D eigenvalue weighted by molar-refractivity contribution is 6.30. The third-order valence-corrected chi connectivity index (χ3v) is 3.90. The Kier molecular flexibility index (Phi) is 4.57. The number of hydrogen-bond acceptors (Lipinski definition) is 3. The van der Waals surface area contributed by atoms with E-state index in [4.69, 9.17) is 11.6 Å². The lowest BCUT2D eigenvalue weighted by Gasteiger charge is -2.13. The van der Waals surface area contributed by atoms with E-state index in [1.165, 1.54) is 0 Å². The topological polar surface area (TPSA) is 59.8 Å². The van der Waals surface area contributed by atoms with Crippen molar-refractivity contribution >= 4 is 28.5 Å². The predicted molar refractivity (Wildman–Crippen MR) is 90.2 cm³/mol. The number of pyridine rings is 1. The number of carbonyl (C=O) groups excluding carboxylic acids is 1. The van der Waals surface area contributed by atoms with Crippen molar-refractivity contribution < 1.29 is 4.79 Å². The molecule has 0 aliphatic heterocycles. The van der Waals surface area contributed by atoms with Crippen molar-refractivity contribution in [2.45, 2.75) is 25.9 Å². The molecule has 0 aliphatic carbocycles. The summed E-state index contributed by atoms with van der Waals surface area (Å²) in [5, 5.41) is 3.53. The van der Waals surface area contributed by atoms with Crippen molar-refractivity contribution in [1.82, 2.24) is 19.9 Å². The minimum Gasteiger partial charge on any atom is -0.348 e. The van der Waals surface area contributed by atoms with Crippen molar-refractivity contribution in [3.8, 4) is 0 Å². The van der Waals surface area contributed by atoms with Gasteiger partial charge >= 0.3 is 0 Å². The Labute approximate surface area is 139 Å². The minimum absolute atomic E-state index is 0.0213. The van der Waals surface area contributed by atoms with E-state index in [9.17, 15) is 4.79 Å². The van der Waals surface area contributed by atoms with Gasteiger partial charge in [0.2, 0.25) is 5.91 Å². The number of rotatable bonds is 5. The van der Waals surface area contributed by atoms with Gasteiger partial charge in [0.25, 0.3) is 0 Å². The van der Waals surface area contributed by atoms with Crippen LogP contribution in [0, 0.1) is 0 Å². The van der Waals surface area contributed by atoms with Crippen molar-refractivity contribution in [2.75, 3.05) is 0 Å². The summed E-state index contributed by atoms with van der Waals surface area (Å²) in [6, 6.07) is 11.3.